The van der Waals surface area contributed by atoms with E-state index in [-0.39, 0.29) is 6.10 Å². The fourth-order valence-corrected chi connectivity index (χ4v) is 0.359. The topological polar surface area (TPSA) is 35.5 Å². The van der Waals surface area contributed by atoms with Gasteiger partial charge in [-0.3, -0.25) is 0 Å². The molecule has 8 heavy (non-hydrogen) atoms. The summed E-state index contributed by atoms with van der Waals surface area (Å²) in [4.78, 5) is 9.98. The fraction of sp³-hybridized carbons (Fsp3) is 0.500. The molecule has 0 spiro atoms. The normalized spacial score (nSPS) is 25.6. The summed E-state index contributed by atoms with van der Waals surface area (Å²) < 4.78 is 8.72. The predicted octanol–water partition coefficient (Wildman–Crippen LogP) is 0.703. The van der Waals surface area contributed by atoms with E-state index in [1.165, 1.54) is 6.61 Å². The summed E-state index contributed by atoms with van der Waals surface area (Å²) in [5.41, 5.74) is 0. The molecule has 0 radical (unpaired) electrons. The molecule has 4 heteroatoms. The first kappa shape index (κ1) is 6.27. The number of carbonyl (C=O) groups excluding carboxylic acids is 1. The average Bonchev–Trinajstić information content (AvgIpc) is 1.87. The van der Waals surface area contributed by atoms with E-state index in [9.17, 15) is 4.79 Å². The molecule has 1 fully saturated rings. The van der Waals surface area contributed by atoms with Crippen molar-refractivity contribution < 1.29 is 14.3 Å². The van der Waals surface area contributed by atoms with Crippen molar-refractivity contribution in [2.24, 2.45) is 0 Å². The average molecular weight is 368 g/mol. The Morgan fingerprint density at radius 1 is 1.75 bits per heavy atom. The maximum atomic E-state index is 9.98. The Hall–Kier alpha value is -1.73. The molecule has 0 N–H and O–H groups in total. The first-order valence-electron chi connectivity index (χ1n) is 1.99. The number of carbonyl (C=O) groups is 1. The zero-order valence-electron chi connectivity index (χ0n) is 4.59. The van der Waals surface area contributed by atoms with Gasteiger partial charge < -0.3 is 9.47 Å². The zero-order valence-corrected chi connectivity index (χ0v) is 11.0. The monoisotopic (exact) mass is 368 g/mol. The molecule has 1 aliphatic rings. The second-order valence-electron chi connectivity index (χ2n) is 1.33. The molecular weight excluding hydrogens is 363 g/mol. The first-order valence-corrected chi connectivity index (χ1v) is 1.99. The molecule has 0 bridgehead atoms. The summed E-state index contributed by atoms with van der Waals surface area (Å²) in [6.45, 7) is 3.08. The smallest absolute Gasteiger partial charge is 0.473 e. The molecule has 1 rings (SSSR count). The largest absolute Gasteiger partial charge is 0.602 e. The molecular formula is C4H5O3Rf-. The van der Waals surface area contributed by atoms with Gasteiger partial charge in [-0.15, -0.1) is 6.61 Å². The maximum Gasteiger partial charge on any atom is 0.473 e. The second kappa shape index (κ2) is 1.82. The fourth-order valence-electron chi connectivity index (χ4n) is 0.359. The third-order valence-corrected chi connectivity index (χ3v) is 0.638. The van der Waals surface area contributed by atoms with Gasteiger partial charge in [0.15, 0.2) is 0 Å². The number of cyclic esters (lactones) is 2. The van der Waals surface area contributed by atoms with Crippen LogP contribution in [0.5, 0.6) is 0 Å². The van der Waals surface area contributed by atoms with Gasteiger partial charge in [0.05, 0.1) is 0 Å². The molecule has 1 heterocycles. The van der Waals surface area contributed by atoms with Crippen LogP contribution >= 0.6 is 0 Å². The van der Waals surface area contributed by atoms with E-state index in [0.29, 0.717) is 0 Å². The molecule has 0 aromatic heterocycles. The van der Waals surface area contributed by atoms with Crippen molar-refractivity contribution in [1.82, 2.24) is 0 Å². The molecule has 0 aromatic rings. The summed E-state index contributed by atoms with van der Waals surface area (Å²) in [6, 6.07) is 0. The molecule has 0 aromatic carbocycles. The third-order valence-electron chi connectivity index (χ3n) is 0.638. The van der Waals surface area contributed by atoms with Crippen molar-refractivity contribution in [3.05, 3.63) is 6.61 Å². The van der Waals surface area contributed by atoms with Gasteiger partial charge in [-0.05, 0) is 0 Å². The number of rotatable bonds is 0. The Morgan fingerprint density at radius 3 is 2.50 bits per heavy atom. The number of hydrogen-bond donors (Lipinski definition) is 0. The van der Waals surface area contributed by atoms with Gasteiger partial charge in [0.1, 0.15) is 0 Å². The van der Waals surface area contributed by atoms with E-state index in [1.807, 2.05) is 0 Å². The SMILES string of the molecule is CC1[CH-]OC(=O)O1.[Rf]. The molecule has 0 saturated carbocycles. The van der Waals surface area contributed by atoms with Crippen molar-refractivity contribution >= 4 is 6.16 Å². The quantitative estimate of drug-likeness (QED) is 0.467. The molecule has 1 atom stereocenters. The predicted molar refractivity (Wildman–Crippen MR) is 21.3 cm³/mol. The summed E-state index contributed by atoms with van der Waals surface area (Å²) >= 11 is 0. The van der Waals surface area contributed by atoms with E-state index >= 15 is 0 Å². The van der Waals surface area contributed by atoms with Gasteiger partial charge in [0, 0.05) is 6.10 Å². The molecule has 1 unspecified atom stereocenters. The van der Waals surface area contributed by atoms with Crippen molar-refractivity contribution in [3.63, 3.8) is 0 Å². The Balaban J connectivity index is 0.000000490. The summed E-state index contributed by atoms with van der Waals surface area (Å²) in [5.74, 6) is 0. The molecule has 42 valence electrons. The van der Waals surface area contributed by atoms with Crippen LogP contribution in [0.25, 0.3) is 0 Å². The molecule has 3 nitrogen and oxygen atoms in total. The standard InChI is InChI=1S/C4H5O3.Rf/c1-3-2-6-4(5)7-3;/h2-3H,1H3;/q-1;. The molecule has 0 aliphatic carbocycles. The van der Waals surface area contributed by atoms with E-state index in [0.717, 1.165) is 0 Å². The third kappa shape index (κ3) is 0.864. The molecule has 0 amide bonds. The molecule has 1 saturated heterocycles. The number of ether oxygens (including phenoxy) is 2. The number of hydrogen-bond acceptors (Lipinski definition) is 3. The van der Waals surface area contributed by atoms with E-state index in [2.05, 4.69) is 9.47 Å². The summed E-state index contributed by atoms with van der Waals surface area (Å²) in [6.07, 6.45) is -0.778. The van der Waals surface area contributed by atoms with Crippen LogP contribution in [0, 0.1) is 6.61 Å². The van der Waals surface area contributed by atoms with Crippen LogP contribution in [-0.4, -0.2) is 12.3 Å². The van der Waals surface area contributed by atoms with Crippen LogP contribution in [0.2, 0.25) is 0 Å². The van der Waals surface area contributed by atoms with Gasteiger partial charge in [0.25, 0.3) is 0 Å². The minimum atomic E-state index is -0.604. The van der Waals surface area contributed by atoms with E-state index in [1.54, 1.807) is 6.92 Å². The Labute approximate surface area is 41.2 Å². The Kier molecular flexibility index (Phi) is 1.42. The minimum absolute atomic E-state index is 0. The van der Waals surface area contributed by atoms with E-state index < -0.39 is 6.16 Å². The minimum Gasteiger partial charge on any atom is -0.602 e. The van der Waals surface area contributed by atoms with Crippen molar-refractivity contribution in [2.45, 2.75) is 13.0 Å². The summed E-state index contributed by atoms with van der Waals surface area (Å²) in [7, 11) is 0. The Bertz CT molecular complexity index is 93.3. The van der Waals surface area contributed by atoms with Gasteiger partial charge >= 0.3 is 6.16 Å². The van der Waals surface area contributed by atoms with Gasteiger partial charge in [-0.1, -0.05) is 6.92 Å². The van der Waals surface area contributed by atoms with Crippen LogP contribution in [0.4, 0.5) is 4.79 Å². The van der Waals surface area contributed by atoms with Gasteiger partial charge in [-0.2, -0.15) is 0 Å². The molecule has 1 aliphatic heterocycles. The van der Waals surface area contributed by atoms with Crippen LogP contribution in [0.1, 0.15) is 6.92 Å². The van der Waals surface area contributed by atoms with E-state index in [4.69, 9.17) is 0 Å². The Morgan fingerprint density at radius 2 is 2.38 bits per heavy atom. The van der Waals surface area contributed by atoms with Crippen molar-refractivity contribution in [1.29, 1.82) is 0 Å². The maximum absolute atomic E-state index is 9.98. The van der Waals surface area contributed by atoms with Crippen LogP contribution < -0.4 is 0 Å². The first-order chi connectivity index (χ1) is 3.29. The van der Waals surface area contributed by atoms with Gasteiger partial charge in [0.2, 0.25) is 0 Å². The van der Waals surface area contributed by atoms with Crippen molar-refractivity contribution in [3.8, 4) is 0 Å². The van der Waals surface area contributed by atoms with Crippen molar-refractivity contribution in [2.75, 3.05) is 0 Å². The zero-order chi connectivity index (χ0) is 5.28. The van der Waals surface area contributed by atoms with Gasteiger partial charge in [-0.25, -0.2) is 4.79 Å². The van der Waals surface area contributed by atoms with Crippen LogP contribution in [0.15, 0.2) is 0 Å². The summed E-state index contributed by atoms with van der Waals surface area (Å²) in [5, 5.41) is 0. The van der Waals surface area contributed by atoms with Crippen LogP contribution in [0.3, 0.4) is 0 Å². The van der Waals surface area contributed by atoms with Crippen LogP contribution in [-0.2, 0) is 9.47 Å². The second-order valence-corrected chi connectivity index (χ2v) is 1.33.